The van der Waals surface area contributed by atoms with Gasteiger partial charge in [-0.1, -0.05) is 6.92 Å². The molecule has 0 radical (unpaired) electrons. The topological polar surface area (TPSA) is 73.9 Å². The van der Waals surface area contributed by atoms with Crippen LogP contribution in [0.15, 0.2) is 18.2 Å². The first-order valence-corrected chi connectivity index (χ1v) is 7.72. The lowest BCUT2D eigenvalue weighted by molar-refractivity contribution is -0.136. The minimum Gasteiger partial charge on any atom is -0.493 e. The third-order valence-electron chi connectivity index (χ3n) is 3.64. The van der Waals surface area contributed by atoms with E-state index in [1.807, 2.05) is 13.8 Å². The zero-order chi connectivity index (χ0) is 17.5. The van der Waals surface area contributed by atoms with E-state index in [9.17, 15) is 9.59 Å². The Hall–Kier alpha value is -2.08. The van der Waals surface area contributed by atoms with Crippen LogP contribution in [0.2, 0.25) is 0 Å². The van der Waals surface area contributed by atoms with Crippen LogP contribution in [-0.4, -0.2) is 37.8 Å². The van der Waals surface area contributed by atoms with E-state index in [0.29, 0.717) is 24.5 Å². The lowest BCUT2D eigenvalue weighted by Crippen LogP contribution is -2.41. The second kappa shape index (κ2) is 8.53. The molecule has 1 amide bonds. The molecule has 0 fully saturated rings. The number of benzene rings is 1. The van der Waals surface area contributed by atoms with Gasteiger partial charge in [-0.15, -0.1) is 0 Å². The Kier molecular flexibility index (Phi) is 7.03. The predicted molar refractivity (Wildman–Crippen MR) is 87.9 cm³/mol. The number of anilines is 1. The average molecular weight is 323 g/mol. The van der Waals surface area contributed by atoms with Gasteiger partial charge in [0.25, 0.3) is 5.91 Å². The first-order chi connectivity index (χ1) is 10.9. The monoisotopic (exact) mass is 323 g/mol. The molecule has 1 aromatic carbocycles. The van der Waals surface area contributed by atoms with Gasteiger partial charge in [0.1, 0.15) is 16.9 Å². The number of amides is 1. The molecule has 0 spiro atoms. The van der Waals surface area contributed by atoms with Crippen molar-refractivity contribution >= 4 is 17.6 Å². The highest BCUT2D eigenvalue weighted by Crippen LogP contribution is 2.25. The molecule has 0 saturated carbocycles. The van der Waals surface area contributed by atoms with Crippen LogP contribution in [0.5, 0.6) is 5.75 Å². The summed E-state index contributed by atoms with van der Waals surface area (Å²) in [7, 11) is 1.49. The van der Waals surface area contributed by atoms with Gasteiger partial charge in [0.05, 0.1) is 13.2 Å². The molecule has 0 heterocycles. The van der Waals surface area contributed by atoms with E-state index in [-0.39, 0.29) is 18.1 Å². The summed E-state index contributed by atoms with van der Waals surface area (Å²) in [5, 5.41) is 2.76. The van der Waals surface area contributed by atoms with Crippen LogP contribution in [0.1, 0.15) is 44.5 Å². The smallest absolute Gasteiger partial charge is 0.341 e. The molecular formula is C17H25NO5. The number of carbonyl (C=O) groups excluding carboxylic acids is 2. The molecule has 23 heavy (non-hydrogen) atoms. The van der Waals surface area contributed by atoms with Crippen LogP contribution in [0.3, 0.4) is 0 Å². The van der Waals surface area contributed by atoms with Gasteiger partial charge in [0.15, 0.2) is 0 Å². The molecule has 128 valence electrons. The maximum atomic E-state index is 12.3. The average Bonchev–Trinajstić information content (AvgIpc) is 2.55. The Morgan fingerprint density at radius 2 is 1.87 bits per heavy atom. The molecule has 0 aromatic heterocycles. The van der Waals surface area contributed by atoms with E-state index in [1.54, 1.807) is 32.0 Å². The molecular weight excluding hydrogens is 298 g/mol. The van der Waals surface area contributed by atoms with Crippen molar-refractivity contribution in [1.82, 2.24) is 0 Å². The summed E-state index contributed by atoms with van der Waals surface area (Å²) in [6.45, 7) is 7.83. The first-order valence-electron chi connectivity index (χ1n) is 7.72. The van der Waals surface area contributed by atoms with Crippen LogP contribution >= 0.6 is 0 Å². The van der Waals surface area contributed by atoms with Gasteiger partial charge in [-0.3, -0.25) is 4.79 Å². The van der Waals surface area contributed by atoms with Gasteiger partial charge in [-0.2, -0.15) is 0 Å². The number of methoxy groups -OCH3 is 1. The molecule has 0 saturated heterocycles. The Bertz CT molecular complexity index is 552. The van der Waals surface area contributed by atoms with Crippen LogP contribution in [-0.2, 0) is 14.3 Å². The van der Waals surface area contributed by atoms with E-state index in [1.165, 1.54) is 7.11 Å². The van der Waals surface area contributed by atoms with Crippen LogP contribution < -0.4 is 10.1 Å². The van der Waals surface area contributed by atoms with Crippen molar-refractivity contribution in [3.05, 3.63) is 23.8 Å². The van der Waals surface area contributed by atoms with Gasteiger partial charge in [-0.05, 0) is 45.4 Å². The van der Waals surface area contributed by atoms with Gasteiger partial charge in [-0.25, -0.2) is 4.79 Å². The third kappa shape index (κ3) is 4.69. The van der Waals surface area contributed by atoms with E-state index in [4.69, 9.17) is 14.2 Å². The van der Waals surface area contributed by atoms with Crippen LogP contribution in [0.25, 0.3) is 0 Å². The summed E-state index contributed by atoms with van der Waals surface area (Å²) in [5.74, 6) is -0.340. The van der Waals surface area contributed by atoms with Crippen molar-refractivity contribution in [2.75, 3.05) is 25.6 Å². The molecule has 0 aliphatic carbocycles. The SMILES string of the molecule is CCOC(=O)c1cc(NC(=O)C(C)(CC)OC)ccc1OCC. The summed E-state index contributed by atoms with van der Waals surface area (Å²) in [6, 6.07) is 4.87. The largest absolute Gasteiger partial charge is 0.493 e. The molecule has 0 bridgehead atoms. The lowest BCUT2D eigenvalue weighted by atomic mass is 10.0. The van der Waals surface area contributed by atoms with E-state index in [2.05, 4.69) is 5.32 Å². The Labute approximate surface area is 137 Å². The standard InChI is InChI=1S/C17H25NO5/c1-6-17(4,21-5)16(20)18-12-9-10-14(22-7-2)13(11-12)15(19)23-8-3/h9-11H,6-8H2,1-5H3,(H,18,20). The van der Waals surface area contributed by atoms with Crippen molar-refractivity contribution in [2.45, 2.75) is 39.7 Å². The highest BCUT2D eigenvalue weighted by atomic mass is 16.5. The molecule has 1 unspecified atom stereocenters. The predicted octanol–water partition coefficient (Wildman–Crippen LogP) is 3.02. The van der Waals surface area contributed by atoms with Gasteiger partial charge >= 0.3 is 5.97 Å². The first kappa shape index (κ1) is 19.0. The number of hydrogen-bond donors (Lipinski definition) is 1. The maximum absolute atomic E-state index is 12.3. The van der Waals surface area contributed by atoms with Gasteiger partial charge < -0.3 is 19.5 Å². The third-order valence-corrected chi connectivity index (χ3v) is 3.64. The molecule has 6 nitrogen and oxygen atoms in total. The minimum atomic E-state index is -0.928. The summed E-state index contributed by atoms with van der Waals surface area (Å²) < 4.78 is 15.7. The number of rotatable bonds is 8. The second-order valence-electron chi connectivity index (χ2n) is 5.11. The van der Waals surface area contributed by atoms with Crippen molar-refractivity contribution < 1.29 is 23.8 Å². The molecule has 1 N–H and O–H groups in total. The fraction of sp³-hybridized carbons (Fsp3) is 0.529. The normalized spacial score (nSPS) is 13.1. The zero-order valence-electron chi connectivity index (χ0n) is 14.4. The van der Waals surface area contributed by atoms with Crippen LogP contribution in [0, 0.1) is 0 Å². The van der Waals surface area contributed by atoms with E-state index in [0.717, 1.165) is 0 Å². The minimum absolute atomic E-state index is 0.262. The molecule has 0 aliphatic rings. The number of nitrogens with one attached hydrogen (secondary N) is 1. The lowest BCUT2D eigenvalue weighted by Gasteiger charge is -2.25. The fourth-order valence-corrected chi connectivity index (χ4v) is 1.92. The van der Waals surface area contributed by atoms with Crippen LogP contribution in [0.4, 0.5) is 5.69 Å². The Balaban J connectivity index is 3.07. The van der Waals surface area contributed by atoms with Crippen molar-refractivity contribution in [1.29, 1.82) is 0 Å². The molecule has 1 aromatic rings. The molecule has 0 aliphatic heterocycles. The highest BCUT2D eigenvalue weighted by Gasteiger charge is 2.31. The number of hydrogen-bond acceptors (Lipinski definition) is 5. The van der Waals surface area contributed by atoms with Crippen molar-refractivity contribution in [3.63, 3.8) is 0 Å². The molecule has 1 atom stereocenters. The zero-order valence-corrected chi connectivity index (χ0v) is 14.4. The highest BCUT2D eigenvalue weighted by molar-refractivity contribution is 5.99. The summed E-state index contributed by atoms with van der Waals surface area (Å²) >= 11 is 0. The summed E-state index contributed by atoms with van der Waals surface area (Å²) in [6.07, 6.45) is 0.525. The number of ether oxygens (including phenoxy) is 3. The molecule has 6 heteroatoms. The Morgan fingerprint density at radius 1 is 1.17 bits per heavy atom. The summed E-state index contributed by atoms with van der Waals surface area (Å²) in [5.41, 5.74) is -0.164. The quantitative estimate of drug-likeness (QED) is 0.744. The maximum Gasteiger partial charge on any atom is 0.341 e. The van der Waals surface area contributed by atoms with Crippen molar-refractivity contribution in [3.8, 4) is 5.75 Å². The number of carbonyl (C=O) groups is 2. The second-order valence-corrected chi connectivity index (χ2v) is 5.11. The van der Waals surface area contributed by atoms with Gasteiger partial charge in [0.2, 0.25) is 0 Å². The van der Waals surface area contributed by atoms with E-state index < -0.39 is 11.6 Å². The van der Waals surface area contributed by atoms with Crippen molar-refractivity contribution in [2.24, 2.45) is 0 Å². The Morgan fingerprint density at radius 3 is 2.39 bits per heavy atom. The van der Waals surface area contributed by atoms with Gasteiger partial charge in [0, 0.05) is 12.8 Å². The fourth-order valence-electron chi connectivity index (χ4n) is 1.92. The summed E-state index contributed by atoms with van der Waals surface area (Å²) in [4.78, 5) is 24.4. The number of esters is 1. The molecule has 1 rings (SSSR count). The van der Waals surface area contributed by atoms with E-state index >= 15 is 0 Å².